The van der Waals surface area contributed by atoms with Crippen LogP contribution in [0.3, 0.4) is 0 Å². The zero-order chi connectivity index (χ0) is 17.3. The van der Waals surface area contributed by atoms with Crippen molar-refractivity contribution < 1.29 is 13.9 Å². The van der Waals surface area contributed by atoms with Crippen LogP contribution in [0, 0.1) is 12.7 Å². The highest BCUT2D eigenvalue weighted by molar-refractivity contribution is 6.08. The lowest BCUT2D eigenvalue weighted by Gasteiger charge is -2.37. The molecular weight excluding hydrogens is 309 g/mol. The number of hydrogen-bond donors (Lipinski definition) is 0. The summed E-state index contributed by atoms with van der Waals surface area (Å²) in [5.41, 5.74) is 1.42. The van der Waals surface area contributed by atoms with Gasteiger partial charge in [-0.1, -0.05) is 0 Å². The summed E-state index contributed by atoms with van der Waals surface area (Å²) in [7, 11) is 0. The van der Waals surface area contributed by atoms with Gasteiger partial charge in [0.05, 0.1) is 24.0 Å². The molecule has 2 heterocycles. The summed E-state index contributed by atoms with van der Waals surface area (Å²) in [6.07, 6.45) is 4.40. The summed E-state index contributed by atoms with van der Waals surface area (Å²) >= 11 is 0. The number of rotatable bonds is 3. The molecule has 1 saturated heterocycles. The van der Waals surface area contributed by atoms with Gasteiger partial charge in [-0.2, -0.15) is 0 Å². The molecule has 0 saturated carbocycles. The molecule has 24 heavy (non-hydrogen) atoms. The Morgan fingerprint density at radius 1 is 1.25 bits per heavy atom. The van der Waals surface area contributed by atoms with Gasteiger partial charge < -0.3 is 9.64 Å². The number of anilines is 1. The molecule has 0 aliphatic carbocycles. The summed E-state index contributed by atoms with van der Waals surface area (Å²) in [6, 6.07) is 3.33. The Balaban J connectivity index is 1.93. The molecule has 1 aliphatic heterocycles. The van der Waals surface area contributed by atoms with Gasteiger partial charge >= 0.3 is 0 Å². The Kier molecular flexibility index (Phi) is 4.57. The maximum atomic E-state index is 14.8. The number of ether oxygens (including phenoxy) is 1. The number of nitrogens with zero attached hydrogens (tertiary/aromatic N) is 3. The van der Waals surface area contributed by atoms with E-state index in [2.05, 4.69) is 14.9 Å². The average molecular weight is 329 g/mol. The van der Waals surface area contributed by atoms with Crippen molar-refractivity contribution in [1.82, 2.24) is 9.97 Å². The second-order valence-electron chi connectivity index (χ2n) is 6.15. The normalized spacial score (nSPS) is 20.9. The molecule has 2 atom stereocenters. The minimum atomic E-state index is -0.505. The van der Waals surface area contributed by atoms with E-state index in [-0.39, 0.29) is 23.5 Å². The number of benzene rings is 1. The molecule has 0 bridgehead atoms. The number of carbonyl (C=O) groups excluding carboxylic acids is 1. The molecule has 1 aromatic carbocycles. The third kappa shape index (κ3) is 3.14. The van der Waals surface area contributed by atoms with Gasteiger partial charge in [0.2, 0.25) is 5.78 Å². The SMILES string of the molecule is Cc1c(N2C[C@@H](C)O[C@@H](C)C2)ccc(C(=O)c2cnccn2)c1F. The largest absolute Gasteiger partial charge is 0.372 e. The minimum absolute atomic E-state index is 0.0195. The van der Waals surface area contributed by atoms with Crippen LogP contribution in [0.2, 0.25) is 0 Å². The van der Waals surface area contributed by atoms with Crippen molar-refractivity contribution in [2.45, 2.75) is 33.0 Å². The molecule has 2 aromatic rings. The monoisotopic (exact) mass is 329 g/mol. The topological polar surface area (TPSA) is 55.3 Å². The van der Waals surface area contributed by atoms with Gasteiger partial charge in [-0.05, 0) is 32.9 Å². The molecule has 1 aliphatic rings. The van der Waals surface area contributed by atoms with Crippen LogP contribution < -0.4 is 4.90 Å². The summed E-state index contributed by atoms with van der Waals surface area (Å²) in [4.78, 5) is 22.4. The third-order valence-electron chi connectivity index (χ3n) is 4.16. The van der Waals surface area contributed by atoms with E-state index < -0.39 is 11.6 Å². The Bertz CT molecular complexity index is 741. The number of ketones is 1. The van der Waals surface area contributed by atoms with Gasteiger partial charge in [-0.15, -0.1) is 0 Å². The lowest BCUT2D eigenvalue weighted by Crippen LogP contribution is -2.45. The smallest absolute Gasteiger partial charge is 0.215 e. The van der Waals surface area contributed by atoms with Crippen molar-refractivity contribution >= 4 is 11.5 Å². The van der Waals surface area contributed by atoms with E-state index in [1.54, 1.807) is 13.0 Å². The molecule has 5 nitrogen and oxygen atoms in total. The molecular formula is C18H20FN3O2. The lowest BCUT2D eigenvalue weighted by atomic mass is 10.0. The average Bonchev–Trinajstić information content (AvgIpc) is 2.56. The van der Waals surface area contributed by atoms with Crippen LogP contribution in [0.5, 0.6) is 0 Å². The first kappa shape index (κ1) is 16.5. The number of morpholine rings is 1. The molecule has 1 fully saturated rings. The van der Waals surface area contributed by atoms with Crippen molar-refractivity contribution in [2.75, 3.05) is 18.0 Å². The molecule has 3 rings (SSSR count). The van der Waals surface area contributed by atoms with Crippen molar-refractivity contribution in [3.8, 4) is 0 Å². The van der Waals surface area contributed by atoms with Crippen molar-refractivity contribution in [1.29, 1.82) is 0 Å². The lowest BCUT2D eigenvalue weighted by molar-refractivity contribution is -0.00527. The van der Waals surface area contributed by atoms with Crippen LogP contribution in [0.1, 0.15) is 35.5 Å². The molecule has 0 N–H and O–H groups in total. The van der Waals surface area contributed by atoms with Crippen LogP contribution in [-0.2, 0) is 4.74 Å². The maximum absolute atomic E-state index is 14.8. The molecule has 0 radical (unpaired) electrons. The zero-order valence-electron chi connectivity index (χ0n) is 14.0. The molecule has 1 aromatic heterocycles. The first-order valence-electron chi connectivity index (χ1n) is 7.97. The second-order valence-corrected chi connectivity index (χ2v) is 6.15. The minimum Gasteiger partial charge on any atom is -0.372 e. The van der Waals surface area contributed by atoms with Gasteiger partial charge in [-0.25, -0.2) is 9.37 Å². The highest BCUT2D eigenvalue weighted by Crippen LogP contribution is 2.28. The van der Waals surface area contributed by atoms with Gasteiger partial charge in [0.1, 0.15) is 11.5 Å². The fraction of sp³-hybridized carbons (Fsp3) is 0.389. The highest BCUT2D eigenvalue weighted by Gasteiger charge is 2.26. The number of aromatic nitrogens is 2. The highest BCUT2D eigenvalue weighted by atomic mass is 19.1. The van der Waals surface area contributed by atoms with Crippen LogP contribution in [0.4, 0.5) is 10.1 Å². The predicted octanol–water partition coefficient (Wildman–Crippen LogP) is 2.77. The van der Waals surface area contributed by atoms with E-state index in [0.29, 0.717) is 18.7 Å². The molecule has 0 unspecified atom stereocenters. The van der Waals surface area contributed by atoms with Crippen molar-refractivity contribution in [3.63, 3.8) is 0 Å². The Labute approximate surface area is 140 Å². The van der Waals surface area contributed by atoms with Gasteiger partial charge in [0, 0.05) is 36.7 Å². The molecule has 0 spiro atoms. The number of halogens is 1. The van der Waals surface area contributed by atoms with Gasteiger partial charge in [0.25, 0.3) is 0 Å². The van der Waals surface area contributed by atoms with Crippen LogP contribution in [-0.4, -0.2) is 41.0 Å². The van der Waals surface area contributed by atoms with E-state index in [4.69, 9.17) is 4.74 Å². The Hall–Kier alpha value is -2.34. The first-order valence-corrected chi connectivity index (χ1v) is 7.97. The fourth-order valence-corrected chi connectivity index (χ4v) is 3.12. The summed E-state index contributed by atoms with van der Waals surface area (Å²) in [5, 5.41) is 0. The number of carbonyl (C=O) groups is 1. The van der Waals surface area contributed by atoms with Crippen molar-refractivity contribution in [2.24, 2.45) is 0 Å². The number of hydrogen-bond acceptors (Lipinski definition) is 5. The molecule has 126 valence electrons. The molecule has 0 amide bonds. The Morgan fingerprint density at radius 2 is 1.96 bits per heavy atom. The van der Waals surface area contributed by atoms with E-state index in [9.17, 15) is 9.18 Å². The predicted molar refractivity (Wildman–Crippen MR) is 88.8 cm³/mol. The van der Waals surface area contributed by atoms with E-state index in [1.165, 1.54) is 24.7 Å². The summed E-state index contributed by atoms with van der Waals surface area (Å²) < 4.78 is 20.5. The summed E-state index contributed by atoms with van der Waals surface area (Å²) in [5.74, 6) is -0.964. The third-order valence-corrected chi connectivity index (χ3v) is 4.16. The van der Waals surface area contributed by atoms with E-state index >= 15 is 0 Å². The van der Waals surface area contributed by atoms with Gasteiger partial charge in [0.15, 0.2) is 0 Å². The van der Waals surface area contributed by atoms with Crippen LogP contribution >= 0.6 is 0 Å². The first-order chi connectivity index (χ1) is 11.5. The van der Waals surface area contributed by atoms with E-state index in [0.717, 1.165) is 5.69 Å². The second kappa shape index (κ2) is 6.65. The van der Waals surface area contributed by atoms with Crippen LogP contribution in [0.15, 0.2) is 30.7 Å². The standard InChI is InChI=1S/C18H20FN3O2/c1-11-9-22(10-12(2)24-11)16-5-4-14(17(19)13(16)3)18(23)15-8-20-6-7-21-15/h4-8,11-12H,9-10H2,1-3H3/t11-,12+. The zero-order valence-corrected chi connectivity index (χ0v) is 14.0. The molecule has 6 heteroatoms. The quantitative estimate of drug-likeness (QED) is 0.811. The van der Waals surface area contributed by atoms with Crippen LogP contribution in [0.25, 0.3) is 0 Å². The maximum Gasteiger partial charge on any atom is 0.215 e. The Morgan fingerprint density at radius 3 is 2.58 bits per heavy atom. The fourth-order valence-electron chi connectivity index (χ4n) is 3.12. The van der Waals surface area contributed by atoms with Gasteiger partial charge in [-0.3, -0.25) is 9.78 Å². The summed E-state index contributed by atoms with van der Waals surface area (Å²) in [6.45, 7) is 7.09. The van der Waals surface area contributed by atoms with E-state index in [1.807, 2.05) is 13.8 Å². The van der Waals surface area contributed by atoms with Crippen molar-refractivity contribution in [3.05, 3.63) is 53.4 Å².